The van der Waals surface area contributed by atoms with Crippen molar-refractivity contribution in [2.24, 2.45) is 17.8 Å². The molecule has 3 aromatic rings. The lowest BCUT2D eigenvalue weighted by Crippen LogP contribution is -2.39. The highest BCUT2D eigenvalue weighted by atomic mass is 19.4. The molecule has 260 valence electrons. The Morgan fingerprint density at radius 2 is 1.63 bits per heavy atom. The van der Waals surface area contributed by atoms with Gasteiger partial charge in [-0.1, -0.05) is 43.2 Å². The second-order valence-electron chi connectivity index (χ2n) is 12.2. The summed E-state index contributed by atoms with van der Waals surface area (Å²) in [5.41, 5.74) is -1.53. The van der Waals surface area contributed by atoms with Crippen molar-refractivity contribution in [3.8, 4) is 5.75 Å². The number of benzene rings is 2. The van der Waals surface area contributed by atoms with E-state index in [0.717, 1.165) is 0 Å². The van der Waals surface area contributed by atoms with Gasteiger partial charge in [0.15, 0.2) is 0 Å². The van der Waals surface area contributed by atoms with Gasteiger partial charge in [-0.25, -0.2) is 4.90 Å². The Morgan fingerprint density at radius 1 is 0.980 bits per heavy atom. The van der Waals surface area contributed by atoms with E-state index in [-0.39, 0.29) is 31.1 Å². The Labute approximate surface area is 278 Å². The number of carbonyl (C=O) groups excluding carboxylic acids is 2. The standard InChI is InChI=1S/C36H34F6N2O5/c1-2-7-22-15-26-32(34(49)44(33(26)48)25-17-23(35(37,38)39)16-24(18-25)36(40,41)42)27(19-45)31(22)30(47)12-11-20(28-9-5-6-13-43-28)14-21-8-3-4-10-29(21)46/h3-6,8-10,13-14,16-18,26-27,30,32,45-47H,2,7,11-12,15,19H2,1H3/b20-14-/t26-,27+,30-,32-/m1/s1. The molecule has 1 saturated heterocycles. The van der Waals surface area contributed by atoms with Crippen LogP contribution in [0.2, 0.25) is 0 Å². The lowest BCUT2D eigenvalue weighted by atomic mass is 9.67. The van der Waals surface area contributed by atoms with E-state index in [2.05, 4.69) is 4.98 Å². The maximum Gasteiger partial charge on any atom is 0.416 e. The maximum absolute atomic E-state index is 13.8. The fraction of sp³-hybridized carbons (Fsp3) is 0.361. The molecule has 2 amide bonds. The highest BCUT2D eigenvalue weighted by Crippen LogP contribution is 2.49. The van der Waals surface area contributed by atoms with Gasteiger partial charge in [0.2, 0.25) is 11.8 Å². The Bertz CT molecular complexity index is 1740. The van der Waals surface area contributed by atoms with E-state index in [1.807, 2.05) is 6.92 Å². The van der Waals surface area contributed by atoms with Crippen LogP contribution < -0.4 is 4.90 Å². The lowest BCUT2D eigenvalue weighted by Gasteiger charge is -2.36. The van der Waals surface area contributed by atoms with Crippen molar-refractivity contribution in [2.45, 2.75) is 57.5 Å². The number of carbonyl (C=O) groups is 2. The van der Waals surface area contributed by atoms with Crippen molar-refractivity contribution >= 4 is 29.2 Å². The van der Waals surface area contributed by atoms with Gasteiger partial charge in [-0.3, -0.25) is 14.6 Å². The number of halogens is 6. The van der Waals surface area contributed by atoms with E-state index in [9.17, 15) is 51.3 Å². The number of phenols is 1. The van der Waals surface area contributed by atoms with Crippen molar-refractivity contribution < 1.29 is 51.3 Å². The minimum absolute atomic E-state index is 0.0279. The molecule has 0 bridgehead atoms. The smallest absolute Gasteiger partial charge is 0.416 e. The third kappa shape index (κ3) is 7.42. The van der Waals surface area contributed by atoms with E-state index >= 15 is 0 Å². The zero-order valence-corrected chi connectivity index (χ0v) is 26.3. The molecule has 1 aliphatic carbocycles. The number of aliphatic hydroxyl groups is 2. The summed E-state index contributed by atoms with van der Waals surface area (Å²) in [6.45, 7) is 1.14. The first kappa shape index (κ1) is 35.8. The van der Waals surface area contributed by atoms with Crippen LogP contribution in [-0.4, -0.2) is 44.8 Å². The molecular weight excluding hydrogens is 654 g/mol. The monoisotopic (exact) mass is 688 g/mol. The number of aliphatic hydroxyl groups excluding tert-OH is 2. The van der Waals surface area contributed by atoms with Crippen molar-refractivity contribution in [1.82, 2.24) is 4.98 Å². The summed E-state index contributed by atoms with van der Waals surface area (Å²) in [7, 11) is 0. The molecule has 2 aliphatic rings. The van der Waals surface area contributed by atoms with Gasteiger partial charge in [0, 0.05) is 17.7 Å². The van der Waals surface area contributed by atoms with Crippen molar-refractivity contribution in [1.29, 1.82) is 0 Å². The first-order valence-electron chi connectivity index (χ1n) is 15.7. The molecule has 7 nitrogen and oxygen atoms in total. The molecule has 0 unspecified atom stereocenters. The van der Waals surface area contributed by atoms with Crippen LogP contribution in [0.25, 0.3) is 11.6 Å². The molecule has 2 aromatic carbocycles. The second-order valence-corrected chi connectivity index (χ2v) is 12.2. The predicted octanol–water partition coefficient (Wildman–Crippen LogP) is 7.42. The average molecular weight is 689 g/mol. The molecule has 5 rings (SSSR count). The molecule has 49 heavy (non-hydrogen) atoms. The van der Waals surface area contributed by atoms with E-state index in [0.29, 0.717) is 57.9 Å². The van der Waals surface area contributed by atoms with E-state index in [4.69, 9.17) is 0 Å². The number of allylic oxidation sites excluding steroid dienone is 2. The van der Waals surface area contributed by atoms with Gasteiger partial charge >= 0.3 is 12.4 Å². The SMILES string of the molecule is CCCC1=C([C@H](O)CC/C(=C/c2ccccc2O)c2ccccn2)[C@H](CO)[C@@H]2C(=O)N(c3cc(C(F)(F)F)cc(C(F)(F)F)c3)C(=O)[C@@H]2C1. The van der Waals surface area contributed by atoms with Gasteiger partial charge in [0.05, 0.1) is 47.1 Å². The number of anilines is 1. The molecule has 2 heterocycles. The normalized spacial score (nSPS) is 21.0. The largest absolute Gasteiger partial charge is 0.507 e. The molecule has 0 radical (unpaired) electrons. The summed E-state index contributed by atoms with van der Waals surface area (Å²) in [5, 5.41) is 32.7. The number of phenolic OH excluding ortho intramolecular Hbond substituents is 1. The van der Waals surface area contributed by atoms with Crippen LogP contribution in [0, 0.1) is 17.8 Å². The predicted molar refractivity (Wildman–Crippen MR) is 169 cm³/mol. The topological polar surface area (TPSA) is 111 Å². The van der Waals surface area contributed by atoms with Gasteiger partial charge in [0.25, 0.3) is 0 Å². The Kier molecular flexibility index (Phi) is 10.3. The quantitative estimate of drug-likeness (QED) is 0.116. The number of hydrogen-bond acceptors (Lipinski definition) is 6. The van der Waals surface area contributed by atoms with Crippen LogP contribution in [0.4, 0.5) is 32.0 Å². The molecule has 13 heteroatoms. The van der Waals surface area contributed by atoms with E-state index < -0.39 is 71.4 Å². The van der Waals surface area contributed by atoms with Crippen molar-refractivity contribution in [2.75, 3.05) is 11.5 Å². The summed E-state index contributed by atoms with van der Waals surface area (Å²) in [6.07, 6.45) is -7.15. The highest BCUT2D eigenvalue weighted by Gasteiger charge is 2.55. The second kappa shape index (κ2) is 14.2. The minimum atomic E-state index is -5.20. The Balaban J connectivity index is 1.49. The van der Waals surface area contributed by atoms with Gasteiger partial charge in [-0.15, -0.1) is 0 Å². The number of aromatic nitrogens is 1. The summed E-state index contributed by atoms with van der Waals surface area (Å²) >= 11 is 0. The number of para-hydroxylation sites is 1. The molecule has 3 N–H and O–H groups in total. The summed E-state index contributed by atoms with van der Waals surface area (Å²) in [4.78, 5) is 32.3. The third-order valence-electron chi connectivity index (χ3n) is 9.07. The zero-order chi connectivity index (χ0) is 35.7. The van der Waals surface area contributed by atoms with Gasteiger partial charge in [-0.05, 0) is 79.3 Å². The number of imide groups is 1. The Hall–Kier alpha value is -4.49. The van der Waals surface area contributed by atoms with Crippen LogP contribution in [0.15, 0.2) is 78.0 Å². The van der Waals surface area contributed by atoms with Crippen molar-refractivity contribution in [3.63, 3.8) is 0 Å². The molecular formula is C36H34F6N2O5. The van der Waals surface area contributed by atoms with E-state index in [1.165, 1.54) is 6.07 Å². The number of pyridine rings is 1. The van der Waals surface area contributed by atoms with Gasteiger partial charge in [-0.2, -0.15) is 26.3 Å². The first-order valence-corrected chi connectivity index (χ1v) is 15.7. The summed E-state index contributed by atoms with van der Waals surface area (Å²) in [6, 6.07) is 12.5. The van der Waals surface area contributed by atoms with Crippen molar-refractivity contribution in [3.05, 3.63) is 100 Å². The van der Waals surface area contributed by atoms with Gasteiger partial charge in [0.1, 0.15) is 5.75 Å². The number of alkyl halides is 6. The molecule has 1 fully saturated rings. The molecule has 0 saturated carbocycles. The Morgan fingerprint density at radius 3 is 2.20 bits per heavy atom. The first-order chi connectivity index (χ1) is 23.1. The van der Waals surface area contributed by atoms with Crippen LogP contribution in [0.3, 0.4) is 0 Å². The lowest BCUT2D eigenvalue weighted by molar-refractivity contribution is -0.143. The summed E-state index contributed by atoms with van der Waals surface area (Å²) < 4.78 is 81.9. The number of rotatable bonds is 10. The number of fused-ring (bicyclic) bond motifs is 1. The fourth-order valence-electron chi connectivity index (χ4n) is 6.89. The third-order valence-corrected chi connectivity index (χ3v) is 9.07. The fourth-order valence-corrected chi connectivity index (χ4v) is 6.89. The molecule has 1 aromatic heterocycles. The molecule has 1 aliphatic heterocycles. The highest BCUT2D eigenvalue weighted by molar-refractivity contribution is 6.22. The number of hydrogen-bond donors (Lipinski definition) is 3. The van der Waals surface area contributed by atoms with Crippen LogP contribution >= 0.6 is 0 Å². The molecule has 0 spiro atoms. The van der Waals surface area contributed by atoms with E-state index in [1.54, 1.807) is 48.7 Å². The number of amides is 2. The number of aromatic hydroxyl groups is 1. The minimum Gasteiger partial charge on any atom is -0.507 e. The summed E-state index contributed by atoms with van der Waals surface area (Å²) in [5.74, 6) is -5.58. The van der Waals surface area contributed by atoms with Crippen LogP contribution in [-0.2, 0) is 21.9 Å². The van der Waals surface area contributed by atoms with Crippen LogP contribution in [0.5, 0.6) is 5.75 Å². The molecule has 4 atom stereocenters. The average Bonchev–Trinajstić information content (AvgIpc) is 3.31. The van der Waals surface area contributed by atoms with Crippen LogP contribution in [0.1, 0.15) is 61.4 Å². The number of nitrogens with zero attached hydrogens (tertiary/aromatic N) is 2. The maximum atomic E-state index is 13.8. The van der Waals surface area contributed by atoms with Gasteiger partial charge < -0.3 is 15.3 Å². The zero-order valence-electron chi connectivity index (χ0n) is 26.3.